The monoisotopic (exact) mass is 359 g/mol. The number of pyridine rings is 1. The zero-order chi connectivity index (χ0) is 18.8. The van der Waals surface area contributed by atoms with Crippen LogP contribution >= 0.6 is 0 Å². The summed E-state index contributed by atoms with van der Waals surface area (Å²) in [6, 6.07) is 17.6. The number of fused-ring (bicyclic) bond motifs is 1. The number of rotatable bonds is 5. The van der Waals surface area contributed by atoms with Gasteiger partial charge in [-0.2, -0.15) is 5.10 Å². The van der Waals surface area contributed by atoms with E-state index < -0.39 is 0 Å². The Bertz CT molecular complexity index is 1140. The Balaban J connectivity index is 1.69. The SMILES string of the molecule is Cc1ccc(-c2ccn(-c3ccc4c(cnn4CCCO)c3)c(=O)c2)cc1. The highest BCUT2D eigenvalue weighted by Gasteiger charge is 2.07. The Labute approximate surface area is 157 Å². The van der Waals surface area contributed by atoms with Gasteiger partial charge in [-0.15, -0.1) is 0 Å². The van der Waals surface area contributed by atoms with Gasteiger partial charge in [0, 0.05) is 36.5 Å². The molecule has 5 heteroatoms. The van der Waals surface area contributed by atoms with E-state index in [1.165, 1.54) is 5.56 Å². The lowest BCUT2D eigenvalue weighted by atomic mass is 10.1. The predicted molar refractivity (Wildman–Crippen MR) is 107 cm³/mol. The fraction of sp³-hybridized carbons (Fsp3) is 0.182. The molecule has 0 aliphatic rings. The van der Waals surface area contributed by atoms with Crippen LogP contribution in [0.5, 0.6) is 0 Å². The number of aryl methyl sites for hydroxylation is 2. The second-order valence-corrected chi connectivity index (χ2v) is 6.68. The number of nitrogens with zero attached hydrogens (tertiary/aromatic N) is 3. The van der Waals surface area contributed by atoms with Gasteiger partial charge >= 0.3 is 0 Å². The Kier molecular flexibility index (Phi) is 4.60. The summed E-state index contributed by atoms with van der Waals surface area (Å²) in [6.07, 6.45) is 4.27. The van der Waals surface area contributed by atoms with Gasteiger partial charge in [0.05, 0.1) is 11.7 Å². The van der Waals surface area contributed by atoms with Crippen molar-refractivity contribution in [3.8, 4) is 16.8 Å². The van der Waals surface area contributed by atoms with Crippen LogP contribution in [-0.2, 0) is 6.54 Å². The van der Waals surface area contributed by atoms with Gasteiger partial charge in [0.1, 0.15) is 0 Å². The van der Waals surface area contributed by atoms with Crippen LogP contribution in [0.15, 0.2) is 71.8 Å². The topological polar surface area (TPSA) is 60.1 Å². The van der Waals surface area contributed by atoms with E-state index in [-0.39, 0.29) is 12.2 Å². The smallest absolute Gasteiger partial charge is 0.255 e. The van der Waals surface area contributed by atoms with Crippen molar-refractivity contribution in [1.29, 1.82) is 0 Å². The fourth-order valence-corrected chi connectivity index (χ4v) is 3.24. The summed E-state index contributed by atoms with van der Waals surface area (Å²) in [4.78, 5) is 12.7. The summed E-state index contributed by atoms with van der Waals surface area (Å²) >= 11 is 0. The summed E-state index contributed by atoms with van der Waals surface area (Å²) in [5, 5.41) is 14.3. The molecule has 0 aliphatic carbocycles. The molecular weight excluding hydrogens is 338 g/mol. The Morgan fingerprint density at radius 2 is 1.81 bits per heavy atom. The number of aliphatic hydroxyl groups is 1. The molecule has 0 radical (unpaired) electrons. The lowest BCUT2D eigenvalue weighted by molar-refractivity contribution is 0.278. The second-order valence-electron chi connectivity index (χ2n) is 6.68. The lowest BCUT2D eigenvalue weighted by Gasteiger charge is -2.09. The predicted octanol–water partition coefficient (Wildman–Crippen LogP) is 3.55. The zero-order valence-electron chi connectivity index (χ0n) is 15.2. The van der Waals surface area contributed by atoms with Gasteiger partial charge in [0.2, 0.25) is 0 Å². The molecule has 2 aromatic heterocycles. The summed E-state index contributed by atoms with van der Waals surface area (Å²) in [7, 11) is 0. The first-order valence-corrected chi connectivity index (χ1v) is 9.02. The molecule has 1 N–H and O–H groups in total. The van der Waals surface area contributed by atoms with Crippen LogP contribution in [0.2, 0.25) is 0 Å². The van der Waals surface area contributed by atoms with E-state index in [2.05, 4.69) is 5.10 Å². The van der Waals surface area contributed by atoms with Crippen molar-refractivity contribution in [1.82, 2.24) is 14.3 Å². The maximum absolute atomic E-state index is 12.7. The molecule has 136 valence electrons. The van der Waals surface area contributed by atoms with Gasteiger partial charge in [-0.25, -0.2) is 0 Å². The summed E-state index contributed by atoms with van der Waals surface area (Å²) in [6.45, 7) is 2.86. The summed E-state index contributed by atoms with van der Waals surface area (Å²) < 4.78 is 3.51. The van der Waals surface area contributed by atoms with E-state index in [1.807, 2.05) is 66.3 Å². The van der Waals surface area contributed by atoms with Crippen molar-refractivity contribution in [2.45, 2.75) is 19.9 Å². The van der Waals surface area contributed by atoms with Gasteiger partial charge in [-0.05, 0) is 48.7 Å². The van der Waals surface area contributed by atoms with Crippen LogP contribution in [-0.4, -0.2) is 26.1 Å². The Hall–Kier alpha value is -3.18. The molecule has 4 rings (SSSR count). The Morgan fingerprint density at radius 3 is 2.56 bits per heavy atom. The largest absolute Gasteiger partial charge is 0.396 e. The molecule has 0 spiro atoms. The van der Waals surface area contributed by atoms with E-state index in [0.29, 0.717) is 13.0 Å². The number of benzene rings is 2. The third-order valence-corrected chi connectivity index (χ3v) is 4.74. The van der Waals surface area contributed by atoms with Crippen molar-refractivity contribution in [2.75, 3.05) is 6.61 Å². The molecule has 27 heavy (non-hydrogen) atoms. The molecule has 5 nitrogen and oxygen atoms in total. The van der Waals surface area contributed by atoms with Gasteiger partial charge in [-0.1, -0.05) is 29.8 Å². The highest BCUT2D eigenvalue weighted by molar-refractivity contribution is 5.81. The summed E-state index contributed by atoms with van der Waals surface area (Å²) in [5.74, 6) is 0. The maximum atomic E-state index is 12.7. The van der Waals surface area contributed by atoms with Crippen LogP contribution in [0.4, 0.5) is 0 Å². The summed E-state index contributed by atoms with van der Waals surface area (Å²) in [5.41, 5.74) is 4.88. The normalized spacial score (nSPS) is 11.2. The molecule has 0 unspecified atom stereocenters. The molecular formula is C22H21N3O2. The van der Waals surface area contributed by atoms with E-state index in [0.717, 1.165) is 27.7 Å². The van der Waals surface area contributed by atoms with Crippen molar-refractivity contribution in [3.05, 3.63) is 82.9 Å². The van der Waals surface area contributed by atoms with Crippen LogP contribution in [0.3, 0.4) is 0 Å². The number of aromatic nitrogens is 3. The van der Waals surface area contributed by atoms with E-state index in [4.69, 9.17) is 5.11 Å². The van der Waals surface area contributed by atoms with Gasteiger partial charge in [0.25, 0.3) is 5.56 Å². The van der Waals surface area contributed by atoms with E-state index >= 15 is 0 Å². The molecule has 4 aromatic rings. The van der Waals surface area contributed by atoms with Crippen molar-refractivity contribution in [2.24, 2.45) is 0 Å². The van der Waals surface area contributed by atoms with Gasteiger partial charge in [0.15, 0.2) is 0 Å². The molecule has 0 fully saturated rings. The maximum Gasteiger partial charge on any atom is 0.255 e. The minimum absolute atomic E-state index is 0.0694. The first-order chi connectivity index (χ1) is 13.2. The highest BCUT2D eigenvalue weighted by Crippen LogP contribution is 2.21. The molecule has 0 amide bonds. The quantitative estimate of drug-likeness (QED) is 0.593. The molecule has 0 saturated carbocycles. The van der Waals surface area contributed by atoms with Gasteiger partial charge < -0.3 is 5.11 Å². The number of aliphatic hydroxyl groups excluding tert-OH is 1. The molecule has 2 heterocycles. The minimum atomic E-state index is -0.0694. The third kappa shape index (κ3) is 3.41. The molecule has 0 bridgehead atoms. The van der Waals surface area contributed by atoms with Gasteiger partial charge in [-0.3, -0.25) is 14.0 Å². The van der Waals surface area contributed by atoms with Crippen molar-refractivity contribution >= 4 is 10.9 Å². The van der Waals surface area contributed by atoms with Crippen LogP contribution in [0.1, 0.15) is 12.0 Å². The molecule has 0 atom stereocenters. The third-order valence-electron chi connectivity index (χ3n) is 4.74. The lowest BCUT2D eigenvalue weighted by Crippen LogP contribution is -2.16. The Morgan fingerprint density at radius 1 is 1.00 bits per heavy atom. The van der Waals surface area contributed by atoms with Crippen molar-refractivity contribution in [3.63, 3.8) is 0 Å². The molecule has 0 aliphatic heterocycles. The standard InChI is InChI=1S/C22H21N3O2/c1-16-3-5-17(6-4-16)18-9-11-24(22(27)14-18)20-7-8-21-19(13-20)15-23-25(21)10-2-12-26/h3-9,11,13-15,26H,2,10,12H2,1H3. The molecule has 2 aromatic carbocycles. The average Bonchev–Trinajstić information content (AvgIpc) is 3.09. The fourth-order valence-electron chi connectivity index (χ4n) is 3.24. The first-order valence-electron chi connectivity index (χ1n) is 9.02. The van der Waals surface area contributed by atoms with E-state index in [1.54, 1.807) is 16.8 Å². The van der Waals surface area contributed by atoms with Crippen LogP contribution < -0.4 is 5.56 Å². The van der Waals surface area contributed by atoms with Crippen LogP contribution in [0.25, 0.3) is 27.7 Å². The minimum Gasteiger partial charge on any atom is -0.396 e. The first kappa shape index (κ1) is 17.2. The van der Waals surface area contributed by atoms with Crippen LogP contribution in [0, 0.1) is 6.92 Å². The van der Waals surface area contributed by atoms with E-state index in [9.17, 15) is 4.79 Å². The highest BCUT2D eigenvalue weighted by atomic mass is 16.3. The zero-order valence-corrected chi connectivity index (χ0v) is 15.2. The van der Waals surface area contributed by atoms with Crippen molar-refractivity contribution < 1.29 is 5.11 Å². The number of hydrogen-bond acceptors (Lipinski definition) is 3. The molecule has 0 saturated heterocycles. The number of hydrogen-bond donors (Lipinski definition) is 1. The second kappa shape index (κ2) is 7.21. The average molecular weight is 359 g/mol.